The maximum Gasteiger partial charge on any atom is 0.336 e. The SMILES string of the molecule is Nc1ccc(SNOc2ncccn2)cc1. The van der Waals surface area contributed by atoms with Gasteiger partial charge in [-0.15, -0.1) is 0 Å². The molecule has 5 nitrogen and oxygen atoms in total. The molecule has 0 saturated heterocycles. The Morgan fingerprint density at radius 2 is 1.81 bits per heavy atom. The Morgan fingerprint density at radius 3 is 2.50 bits per heavy atom. The van der Waals surface area contributed by atoms with E-state index in [4.69, 9.17) is 10.6 Å². The highest BCUT2D eigenvalue weighted by atomic mass is 32.2. The summed E-state index contributed by atoms with van der Waals surface area (Å²) in [4.78, 5) is 16.6. The number of nitrogens with two attached hydrogens (primary N) is 1. The Morgan fingerprint density at radius 1 is 1.12 bits per heavy atom. The number of hydrogen-bond donors (Lipinski definition) is 2. The number of benzene rings is 1. The number of rotatable bonds is 4. The van der Waals surface area contributed by atoms with Crippen LogP contribution >= 0.6 is 11.9 Å². The number of nitrogens with one attached hydrogen (secondary N) is 1. The Hall–Kier alpha value is -1.79. The van der Waals surface area contributed by atoms with E-state index in [0.29, 0.717) is 0 Å². The number of anilines is 1. The van der Waals surface area contributed by atoms with Gasteiger partial charge in [0.25, 0.3) is 0 Å². The summed E-state index contributed by atoms with van der Waals surface area (Å²) < 4.78 is 0. The van der Waals surface area contributed by atoms with Gasteiger partial charge in [-0.3, -0.25) is 0 Å². The molecule has 0 aliphatic rings. The first-order chi connectivity index (χ1) is 7.84. The summed E-state index contributed by atoms with van der Waals surface area (Å²) in [6.07, 6.45) is 3.22. The van der Waals surface area contributed by atoms with Crippen LogP contribution in [-0.4, -0.2) is 9.97 Å². The van der Waals surface area contributed by atoms with E-state index < -0.39 is 0 Å². The molecule has 0 amide bonds. The monoisotopic (exact) mass is 234 g/mol. The molecule has 6 heteroatoms. The number of nitrogen functional groups attached to an aromatic ring is 1. The Balaban J connectivity index is 1.82. The fourth-order valence-electron chi connectivity index (χ4n) is 0.980. The molecule has 3 N–H and O–H groups in total. The van der Waals surface area contributed by atoms with Crippen molar-refractivity contribution >= 4 is 17.6 Å². The fraction of sp³-hybridized carbons (Fsp3) is 0. The highest BCUT2D eigenvalue weighted by Crippen LogP contribution is 2.16. The summed E-state index contributed by atoms with van der Waals surface area (Å²) >= 11 is 1.32. The number of hydrogen-bond acceptors (Lipinski definition) is 6. The third-order valence-corrected chi connectivity index (χ3v) is 2.39. The van der Waals surface area contributed by atoms with Crippen molar-refractivity contribution in [2.75, 3.05) is 5.73 Å². The molecule has 2 rings (SSSR count). The van der Waals surface area contributed by atoms with E-state index >= 15 is 0 Å². The van der Waals surface area contributed by atoms with Crippen molar-refractivity contribution in [2.45, 2.75) is 4.90 Å². The van der Waals surface area contributed by atoms with Gasteiger partial charge in [-0.1, -0.05) is 4.89 Å². The molecular formula is C10H10N4OS. The lowest BCUT2D eigenvalue weighted by atomic mass is 10.3. The van der Waals surface area contributed by atoms with E-state index in [1.807, 2.05) is 24.3 Å². The van der Waals surface area contributed by atoms with E-state index in [1.165, 1.54) is 11.9 Å². The van der Waals surface area contributed by atoms with Crippen LogP contribution in [0, 0.1) is 0 Å². The summed E-state index contributed by atoms with van der Waals surface area (Å²) in [6, 6.07) is 9.43. The molecule has 1 heterocycles. The van der Waals surface area contributed by atoms with Gasteiger partial charge in [-0.2, -0.15) is 0 Å². The molecule has 0 spiro atoms. The summed E-state index contributed by atoms with van der Waals surface area (Å²) in [7, 11) is 0. The van der Waals surface area contributed by atoms with Gasteiger partial charge in [0.1, 0.15) is 0 Å². The quantitative estimate of drug-likeness (QED) is 0.476. The van der Waals surface area contributed by atoms with Crippen LogP contribution in [-0.2, 0) is 0 Å². The zero-order chi connectivity index (χ0) is 11.2. The zero-order valence-electron chi connectivity index (χ0n) is 8.33. The molecule has 0 radical (unpaired) electrons. The van der Waals surface area contributed by atoms with Crippen molar-refractivity contribution < 1.29 is 4.84 Å². The van der Waals surface area contributed by atoms with Crippen molar-refractivity contribution in [1.82, 2.24) is 14.9 Å². The standard InChI is InChI=1S/C10H10N4OS/c11-8-2-4-9(5-3-8)16-14-15-10-12-6-1-7-13-10/h1-7,14H,11H2. The second kappa shape index (κ2) is 5.34. The van der Waals surface area contributed by atoms with E-state index in [2.05, 4.69) is 14.9 Å². The van der Waals surface area contributed by atoms with Crippen molar-refractivity contribution in [3.05, 3.63) is 42.7 Å². The second-order valence-corrected chi connectivity index (χ2v) is 3.73. The van der Waals surface area contributed by atoms with Gasteiger partial charge in [0.05, 0.1) is 0 Å². The number of nitrogens with zero attached hydrogens (tertiary/aromatic N) is 2. The smallest absolute Gasteiger partial charge is 0.336 e. The van der Waals surface area contributed by atoms with Crippen LogP contribution in [0.3, 0.4) is 0 Å². The topological polar surface area (TPSA) is 73.1 Å². The van der Waals surface area contributed by atoms with Gasteiger partial charge in [0, 0.05) is 23.0 Å². The molecule has 0 saturated carbocycles. The van der Waals surface area contributed by atoms with Crippen LogP contribution in [0.25, 0.3) is 0 Å². The van der Waals surface area contributed by atoms with Gasteiger partial charge < -0.3 is 10.6 Å². The van der Waals surface area contributed by atoms with Crippen molar-refractivity contribution in [3.8, 4) is 6.01 Å². The van der Waals surface area contributed by atoms with Crippen molar-refractivity contribution in [1.29, 1.82) is 0 Å². The summed E-state index contributed by atoms with van der Waals surface area (Å²) in [5.74, 6) is 0. The van der Waals surface area contributed by atoms with Crippen LogP contribution in [0.4, 0.5) is 5.69 Å². The lowest BCUT2D eigenvalue weighted by Crippen LogP contribution is -2.10. The molecule has 0 bridgehead atoms. The lowest BCUT2D eigenvalue weighted by molar-refractivity contribution is 0.260. The maximum absolute atomic E-state index is 5.57. The minimum Gasteiger partial charge on any atom is -0.399 e. The molecule has 16 heavy (non-hydrogen) atoms. The Bertz CT molecular complexity index is 434. The Labute approximate surface area is 97.1 Å². The maximum atomic E-state index is 5.57. The van der Waals surface area contributed by atoms with Crippen LogP contribution in [0.15, 0.2) is 47.6 Å². The molecule has 0 fully saturated rings. The average molecular weight is 234 g/mol. The largest absolute Gasteiger partial charge is 0.399 e. The molecule has 0 aliphatic carbocycles. The summed E-state index contributed by atoms with van der Waals surface area (Å²) in [5.41, 5.74) is 6.30. The zero-order valence-corrected chi connectivity index (χ0v) is 9.15. The van der Waals surface area contributed by atoms with E-state index in [-0.39, 0.29) is 6.01 Å². The molecule has 82 valence electrons. The first-order valence-corrected chi connectivity index (χ1v) is 5.37. The van der Waals surface area contributed by atoms with Gasteiger partial charge in [-0.05, 0) is 42.3 Å². The fourth-order valence-corrected chi connectivity index (χ4v) is 1.46. The predicted octanol–water partition coefficient (Wildman–Crippen LogP) is 1.65. The predicted molar refractivity (Wildman–Crippen MR) is 62.5 cm³/mol. The van der Waals surface area contributed by atoms with Gasteiger partial charge in [-0.25, -0.2) is 9.97 Å². The second-order valence-electron chi connectivity index (χ2n) is 2.89. The van der Waals surface area contributed by atoms with Gasteiger partial charge in [0.15, 0.2) is 0 Å². The van der Waals surface area contributed by atoms with Crippen molar-refractivity contribution in [3.63, 3.8) is 0 Å². The average Bonchev–Trinajstić information content (AvgIpc) is 2.33. The third kappa shape index (κ3) is 3.11. The molecule has 0 aliphatic heterocycles. The van der Waals surface area contributed by atoms with Crippen LogP contribution < -0.4 is 15.5 Å². The Kier molecular flexibility index (Phi) is 3.58. The minimum atomic E-state index is 0.283. The third-order valence-electron chi connectivity index (χ3n) is 1.71. The molecule has 1 aromatic heterocycles. The summed E-state index contributed by atoms with van der Waals surface area (Å²) in [5, 5.41) is 0. The van der Waals surface area contributed by atoms with Gasteiger partial charge >= 0.3 is 6.01 Å². The normalized spacial score (nSPS) is 10.0. The van der Waals surface area contributed by atoms with E-state index in [9.17, 15) is 0 Å². The molecule has 1 aromatic carbocycles. The van der Waals surface area contributed by atoms with Crippen LogP contribution in [0.2, 0.25) is 0 Å². The lowest BCUT2D eigenvalue weighted by Gasteiger charge is -2.03. The highest BCUT2D eigenvalue weighted by Gasteiger charge is 1.96. The molecule has 0 atom stereocenters. The first-order valence-electron chi connectivity index (χ1n) is 4.56. The van der Waals surface area contributed by atoms with Gasteiger partial charge in [0.2, 0.25) is 0 Å². The van der Waals surface area contributed by atoms with E-state index in [1.54, 1.807) is 18.5 Å². The molecule has 0 unspecified atom stereocenters. The minimum absolute atomic E-state index is 0.283. The first kappa shape index (κ1) is 10.7. The summed E-state index contributed by atoms with van der Waals surface area (Å²) in [6.45, 7) is 0. The van der Waals surface area contributed by atoms with Crippen LogP contribution in [0.1, 0.15) is 0 Å². The van der Waals surface area contributed by atoms with E-state index in [0.717, 1.165) is 10.6 Å². The molecular weight excluding hydrogens is 224 g/mol. The number of aromatic nitrogens is 2. The van der Waals surface area contributed by atoms with Crippen LogP contribution in [0.5, 0.6) is 6.01 Å². The molecule has 2 aromatic rings. The highest BCUT2D eigenvalue weighted by molar-refractivity contribution is 7.97. The van der Waals surface area contributed by atoms with Crippen molar-refractivity contribution in [2.24, 2.45) is 0 Å².